The Balaban J connectivity index is 1.90. The highest BCUT2D eigenvalue weighted by Crippen LogP contribution is 2.27. The van der Waals surface area contributed by atoms with Gasteiger partial charge in [-0.05, 0) is 41.3 Å². The molecule has 5 heteroatoms. The molecule has 0 aliphatic carbocycles. The summed E-state index contributed by atoms with van der Waals surface area (Å²) in [6.07, 6.45) is 1.61. The highest BCUT2D eigenvalue weighted by Gasteiger charge is 2.19. The molecule has 1 atom stereocenters. The number of nitrogens with zero attached hydrogens (tertiary/aromatic N) is 1. The van der Waals surface area contributed by atoms with Crippen LogP contribution in [0.4, 0.5) is 0 Å². The minimum atomic E-state index is -0.216. The second kappa shape index (κ2) is 6.73. The molecule has 3 rings (SSSR count). The molecular formula is C17H13ClN2OS. The Morgan fingerprint density at radius 3 is 2.55 bits per heavy atom. The average molecular weight is 329 g/mol. The lowest BCUT2D eigenvalue weighted by molar-refractivity contribution is 0.0938. The van der Waals surface area contributed by atoms with Crippen LogP contribution in [0.3, 0.4) is 0 Å². The van der Waals surface area contributed by atoms with Gasteiger partial charge < -0.3 is 5.32 Å². The summed E-state index contributed by atoms with van der Waals surface area (Å²) < 4.78 is 0. The van der Waals surface area contributed by atoms with E-state index in [1.54, 1.807) is 35.7 Å². The fraction of sp³-hybridized carbons (Fsp3) is 0.0588. The minimum absolute atomic E-state index is 0.200. The summed E-state index contributed by atoms with van der Waals surface area (Å²) in [4.78, 5) is 17.5. The highest BCUT2D eigenvalue weighted by molar-refractivity contribution is 7.10. The standard InChI is InChI=1S/C17H13ClN2OS/c18-13-8-6-12(7-9-13)16(15-5-3-11-22-15)20-17(21)14-4-1-2-10-19-14/h1-11,16H,(H,20,21)/t16-/m1/s1. The predicted octanol–water partition coefficient (Wildman–Crippen LogP) is 4.32. The van der Waals surface area contributed by atoms with E-state index in [-0.39, 0.29) is 11.9 Å². The SMILES string of the molecule is O=C(N[C@H](c1ccc(Cl)cc1)c1cccs1)c1ccccn1. The third kappa shape index (κ3) is 3.35. The summed E-state index contributed by atoms with van der Waals surface area (Å²) in [5.41, 5.74) is 1.38. The number of pyridine rings is 1. The third-order valence-corrected chi connectivity index (χ3v) is 4.39. The minimum Gasteiger partial charge on any atom is -0.339 e. The maximum atomic E-state index is 12.4. The molecule has 110 valence electrons. The molecule has 0 aliphatic rings. The van der Waals surface area contributed by atoms with Crippen LogP contribution < -0.4 is 5.32 Å². The van der Waals surface area contributed by atoms with Crippen molar-refractivity contribution in [1.29, 1.82) is 0 Å². The van der Waals surface area contributed by atoms with Crippen LogP contribution in [-0.2, 0) is 0 Å². The van der Waals surface area contributed by atoms with Crippen molar-refractivity contribution in [2.24, 2.45) is 0 Å². The Hall–Kier alpha value is -2.17. The predicted molar refractivity (Wildman–Crippen MR) is 89.3 cm³/mol. The first-order valence-electron chi connectivity index (χ1n) is 6.75. The zero-order valence-corrected chi connectivity index (χ0v) is 13.1. The first-order chi connectivity index (χ1) is 10.7. The van der Waals surface area contributed by atoms with E-state index >= 15 is 0 Å². The normalized spacial score (nSPS) is 11.9. The summed E-state index contributed by atoms with van der Waals surface area (Å²) in [7, 11) is 0. The zero-order chi connectivity index (χ0) is 15.4. The van der Waals surface area contributed by atoms with E-state index in [1.165, 1.54) is 0 Å². The maximum absolute atomic E-state index is 12.4. The van der Waals surface area contributed by atoms with Gasteiger partial charge in [-0.1, -0.05) is 35.9 Å². The van der Waals surface area contributed by atoms with E-state index < -0.39 is 0 Å². The number of nitrogens with one attached hydrogen (secondary N) is 1. The molecule has 0 aliphatic heterocycles. The van der Waals surface area contributed by atoms with Gasteiger partial charge in [-0.2, -0.15) is 0 Å². The number of halogens is 1. The molecule has 0 bridgehead atoms. The van der Waals surface area contributed by atoms with Crippen molar-refractivity contribution < 1.29 is 4.79 Å². The molecule has 22 heavy (non-hydrogen) atoms. The van der Waals surface area contributed by atoms with Crippen LogP contribution in [0.25, 0.3) is 0 Å². The van der Waals surface area contributed by atoms with Crippen molar-refractivity contribution in [2.45, 2.75) is 6.04 Å². The molecule has 0 fully saturated rings. The van der Waals surface area contributed by atoms with Gasteiger partial charge in [0.15, 0.2) is 0 Å². The van der Waals surface area contributed by atoms with Crippen LogP contribution in [0.5, 0.6) is 0 Å². The van der Waals surface area contributed by atoms with Crippen LogP contribution in [0.1, 0.15) is 27.0 Å². The molecule has 0 spiro atoms. The van der Waals surface area contributed by atoms with Crippen molar-refractivity contribution in [3.05, 3.63) is 87.3 Å². The summed E-state index contributed by atoms with van der Waals surface area (Å²) in [6, 6.07) is 16.5. The van der Waals surface area contributed by atoms with Crippen LogP contribution in [0, 0.1) is 0 Å². The van der Waals surface area contributed by atoms with Gasteiger partial charge in [0, 0.05) is 16.1 Å². The fourth-order valence-corrected chi connectivity index (χ4v) is 3.06. The van der Waals surface area contributed by atoms with Crippen molar-refractivity contribution in [3.8, 4) is 0 Å². The molecule has 3 aromatic rings. The number of aromatic nitrogens is 1. The van der Waals surface area contributed by atoms with E-state index in [0.717, 1.165) is 10.4 Å². The van der Waals surface area contributed by atoms with Crippen molar-refractivity contribution in [1.82, 2.24) is 10.3 Å². The molecule has 3 nitrogen and oxygen atoms in total. The summed E-state index contributed by atoms with van der Waals surface area (Å²) in [6.45, 7) is 0. The topological polar surface area (TPSA) is 42.0 Å². The fourth-order valence-electron chi connectivity index (χ4n) is 2.13. The number of thiophene rings is 1. The molecule has 0 radical (unpaired) electrons. The molecule has 2 heterocycles. The molecule has 0 unspecified atom stereocenters. The van der Waals surface area contributed by atoms with Gasteiger partial charge >= 0.3 is 0 Å². The second-order valence-electron chi connectivity index (χ2n) is 4.69. The van der Waals surface area contributed by atoms with Gasteiger partial charge in [0.2, 0.25) is 0 Å². The molecule has 2 aromatic heterocycles. The third-order valence-electron chi connectivity index (χ3n) is 3.20. The lowest BCUT2D eigenvalue weighted by atomic mass is 10.1. The van der Waals surface area contributed by atoms with Gasteiger partial charge in [0.1, 0.15) is 5.69 Å². The Labute approximate surface area is 137 Å². The Kier molecular flexibility index (Phi) is 4.51. The molecule has 0 saturated carbocycles. The number of hydrogen-bond acceptors (Lipinski definition) is 3. The summed E-state index contributed by atoms with van der Waals surface area (Å²) in [5, 5.41) is 5.70. The lowest BCUT2D eigenvalue weighted by Gasteiger charge is -2.18. The summed E-state index contributed by atoms with van der Waals surface area (Å²) in [5.74, 6) is -0.200. The average Bonchev–Trinajstić information content (AvgIpc) is 3.08. The van der Waals surface area contributed by atoms with Gasteiger partial charge in [-0.25, -0.2) is 0 Å². The Morgan fingerprint density at radius 2 is 1.91 bits per heavy atom. The number of carbonyl (C=O) groups excluding carboxylic acids is 1. The van der Waals surface area contributed by atoms with Crippen LogP contribution in [-0.4, -0.2) is 10.9 Å². The van der Waals surface area contributed by atoms with E-state index in [9.17, 15) is 4.79 Å². The number of benzene rings is 1. The van der Waals surface area contributed by atoms with Gasteiger partial charge in [0.05, 0.1) is 6.04 Å². The number of rotatable bonds is 4. The smallest absolute Gasteiger partial charge is 0.270 e. The molecule has 0 saturated heterocycles. The number of amides is 1. The highest BCUT2D eigenvalue weighted by atomic mass is 35.5. The molecule has 1 amide bonds. The van der Waals surface area contributed by atoms with E-state index in [0.29, 0.717) is 10.7 Å². The van der Waals surface area contributed by atoms with Crippen LogP contribution >= 0.6 is 22.9 Å². The van der Waals surface area contributed by atoms with E-state index in [2.05, 4.69) is 10.3 Å². The Bertz CT molecular complexity index is 742. The first kappa shape index (κ1) is 14.8. The largest absolute Gasteiger partial charge is 0.339 e. The first-order valence-corrected chi connectivity index (χ1v) is 8.00. The van der Waals surface area contributed by atoms with Crippen molar-refractivity contribution >= 4 is 28.8 Å². The molecule has 1 aromatic carbocycles. The van der Waals surface area contributed by atoms with E-state index in [1.807, 2.05) is 41.8 Å². The Morgan fingerprint density at radius 1 is 1.09 bits per heavy atom. The van der Waals surface area contributed by atoms with Crippen molar-refractivity contribution in [2.75, 3.05) is 0 Å². The molecule has 1 N–H and O–H groups in total. The second-order valence-corrected chi connectivity index (χ2v) is 6.10. The number of hydrogen-bond donors (Lipinski definition) is 1. The quantitative estimate of drug-likeness (QED) is 0.775. The monoisotopic (exact) mass is 328 g/mol. The lowest BCUT2D eigenvalue weighted by Crippen LogP contribution is -2.29. The van der Waals surface area contributed by atoms with Crippen molar-refractivity contribution in [3.63, 3.8) is 0 Å². The summed E-state index contributed by atoms with van der Waals surface area (Å²) >= 11 is 7.55. The maximum Gasteiger partial charge on any atom is 0.270 e. The zero-order valence-electron chi connectivity index (χ0n) is 11.6. The van der Waals surface area contributed by atoms with Gasteiger partial charge in [-0.3, -0.25) is 9.78 Å². The van der Waals surface area contributed by atoms with Gasteiger partial charge in [-0.15, -0.1) is 11.3 Å². The van der Waals surface area contributed by atoms with E-state index in [4.69, 9.17) is 11.6 Å². The molecular weight excluding hydrogens is 316 g/mol. The van der Waals surface area contributed by atoms with Crippen LogP contribution in [0.15, 0.2) is 66.2 Å². The van der Waals surface area contributed by atoms with Crippen LogP contribution in [0.2, 0.25) is 5.02 Å². The van der Waals surface area contributed by atoms with Gasteiger partial charge in [0.25, 0.3) is 5.91 Å². The number of carbonyl (C=O) groups is 1.